The molecule has 1 aromatic carbocycles. The summed E-state index contributed by atoms with van der Waals surface area (Å²) in [5, 5.41) is 2.60. The van der Waals surface area contributed by atoms with Crippen LogP contribution in [0.2, 0.25) is 0 Å². The van der Waals surface area contributed by atoms with Gasteiger partial charge in [-0.05, 0) is 18.4 Å². The Bertz CT molecular complexity index is 400. The minimum Gasteiger partial charge on any atom is -0.352 e. The molecule has 2 nitrogen and oxygen atoms in total. The molecule has 19 heavy (non-hydrogen) atoms. The summed E-state index contributed by atoms with van der Waals surface area (Å²) in [5.41, 5.74) is 1.11. The lowest BCUT2D eigenvalue weighted by Gasteiger charge is -2.25. The molecule has 1 fully saturated rings. The molecule has 0 radical (unpaired) electrons. The van der Waals surface area contributed by atoms with Gasteiger partial charge in [-0.3, -0.25) is 4.79 Å². The monoisotopic (exact) mass is 279 g/mol. The van der Waals surface area contributed by atoms with Gasteiger partial charge in [0, 0.05) is 12.0 Å². The first-order valence-corrected chi connectivity index (χ1v) is 7.61. The number of rotatable bonds is 4. The molecule has 2 unspecified atom stereocenters. The molecule has 2 rings (SSSR count). The molecule has 1 saturated carbocycles. The number of benzene rings is 1. The van der Waals surface area contributed by atoms with Gasteiger partial charge in [-0.15, -0.1) is 11.6 Å². The van der Waals surface area contributed by atoms with Gasteiger partial charge >= 0.3 is 0 Å². The summed E-state index contributed by atoms with van der Waals surface area (Å²) in [6, 6.07) is 10.3. The first-order chi connectivity index (χ1) is 9.18. The van der Waals surface area contributed by atoms with E-state index in [1.165, 1.54) is 19.3 Å². The van der Waals surface area contributed by atoms with Crippen LogP contribution in [0.15, 0.2) is 30.3 Å². The molecule has 1 amide bonds. The fraction of sp³-hybridized carbons (Fsp3) is 0.562. The number of hydrogen-bond donors (Lipinski definition) is 1. The highest BCUT2D eigenvalue weighted by Gasteiger charge is 2.26. The quantitative estimate of drug-likeness (QED) is 0.834. The van der Waals surface area contributed by atoms with Crippen molar-refractivity contribution in [1.29, 1.82) is 0 Å². The lowest BCUT2D eigenvalue weighted by atomic mass is 9.94. The summed E-state index contributed by atoms with van der Waals surface area (Å²) in [6.45, 7) is 2.01. The zero-order valence-corrected chi connectivity index (χ0v) is 12.2. The van der Waals surface area contributed by atoms with Gasteiger partial charge < -0.3 is 5.32 Å². The molecule has 0 aliphatic heterocycles. The first-order valence-electron chi connectivity index (χ1n) is 7.18. The molecule has 0 spiro atoms. The molecule has 0 aromatic heterocycles. The van der Waals surface area contributed by atoms with Crippen molar-refractivity contribution in [1.82, 2.24) is 5.32 Å². The standard InChI is InChI=1S/C16H22ClNO/c1-12(13-8-4-2-5-9-13)15(17)16(19)18-14-10-6-3-7-11-14/h2,4-5,8-9,12,14-15H,3,6-7,10-11H2,1H3,(H,18,19). The van der Waals surface area contributed by atoms with Gasteiger partial charge in [-0.25, -0.2) is 0 Å². The molecule has 104 valence electrons. The summed E-state index contributed by atoms with van der Waals surface area (Å²) in [4.78, 5) is 12.2. The summed E-state index contributed by atoms with van der Waals surface area (Å²) in [5.74, 6) is 0.0105. The van der Waals surface area contributed by atoms with Crippen molar-refractivity contribution in [2.45, 2.75) is 56.4 Å². The summed E-state index contributed by atoms with van der Waals surface area (Å²) in [7, 11) is 0. The van der Waals surface area contributed by atoms with Crippen molar-refractivity contribution >= 4 is 17.5 Å². The van der Waals surface area contributed by atoms with E-state index in [-0.39, 0.29) is 11.8 Å². The van der Waals surface area contributed by atoms with Gasteiger partial charge in [0.25, 0.3) is 0 Å². The third kappa shape index (κ3) is 3.97. The second-order valence-electron chi connectivity index (χ2n) is 5.44. The minimum atomic E-state index is -0.496. The lowest BCUT2D eigenvalue weighted by Crippen LogP contribution is -2.42. The van der Waals surface area contributed by atoms with Crippen molar-refractivity contribution in [2.75, 3.05) is 0 Å². The minimum absolute atomic E-state index is 0.0232. The second kappa shape index (κ2) is 6.95. The van der Waals surface area contributed by atoms with Gasteiger partial charge in [0.2, 0.25) is 5.91 Å². The molecule has 1 aromatic rings. The number of halogens is 1. The topological polar surface area (TPSA) is 29.1 Å². The van der Waals surface area contributed by atoms with Gasteiger partial charge in [0.05, 0.1) is 0 Å². The smallest absolute Gasteiger partial charge is 0.238 e. The zero-order chi connectivity index (χ0) is 13.7. The fourth-order valence-electron chi connectivity index (χ4n) is 2.68. The van der Waals surface area contributed by atoms with E-state index in [9.17, 15) is 4.79 Å². The van der Waals surface area contributed by atoms with Crippen LogP contribution in [-0.2, 0) is 4.79 Å². The predicted octanol–water partition coefficient (Wildman–Crippen LogP) is 3.85. The third-order valence-corrected chi connectivity index (χ3v) is 4.54. The predicted molar refractivity (Wildman–Crippen MR) is 79.5 cm³/mol. The highest BCUT2D eigenvalue weighted by atomic mass is 35.5. The lowest BCUT2D eigenvalue weighted by molar-refractivity contribution is -0.122. The molecule has 1 aliphatic rings. The van der Waals surface area contributed by atoms with Gasteiger partial charge in [-0.1, -0.05) is 56.5 Å². The van der Waals surface area contributed by atoms with E-state index in [1.54, 1.807) is 0 Å². The number of carbonyl (C=O) groups excluding carboxylic acids is 1. The maximum Gasteiger partial charge on any atom is 0.238 e. The molecule has 1 aliphatic carbocycles. The van der Waals surface area contributed by atoms with Crippen LogP contribution in [0.1, 0.15) is 50.5 Å². The van der Waals surface area contributed by atoms with Gasteiger partial charge in [0.1, 0.15) is 5.38 Å². The number of carbonyl (C=O) groups is 1. The Kier molecular flexibility index (Phi) is 5.26. The maximum absolute atomic E-state index is 12.2. The molecule has 0 bridgehead atoms. The fourth-order valence-corrected chi connectivity index (χ4v) is 2.89. The Morgan fingerprint density at radius 2 is 1.84 bits per heavy atom. The summed E-state index contributed by atoms with van der Waals surface area (Å²) in [6.07, 6.45) is 5.90. The Balaban J connectivity index is 1.91. The van der Waals surface area contributed by atoms with Gasteiger partial charge in [-0.2, -0.15) is 0 Å². The Hall–Kier alpha value is -1.02. The van der Waals surface area contributed by atoms with E-state index in [2.05, 4.69) is 5.32 Å². The number of alkyl halides is 1. The number of amides is 1. The molecule has 1 N–H and O–H groups in total. The summed E-state index contributed by atoms with van der Waals surface area (Å²) >= 11 is 6.32. The van der Waals surface area contributed by atoms with Crippen LogP contribution < -0.4 is 5.32 Å². The zero-order valence-electron chi connectivity index (χ0n) is 11.4. The van der Waals surface area contributed by atoms with Crippen LogP contribution in [-0.4, -0.2) is 17.3 Å². The van der Waals surface area contributed by atoms with Crippen molar-refractivity contribution < 1.29 is 4.79 Å². The first kappa shape index (κ1) is 14.4. The normalized spacial score (nSPS) is 19.7. The third-order valence-electron chi connectivity index (χ3n) is 3.97. The van der Waals surface area contributed by atoms with Crippen LogP contribution in [0.5, 0.6) is 0 Å². The molecule has 0 saturated heterocycles. The Labute approximate surface area is 120 Å². The molecule has 0 heterocycles. The second-order valence-corrected chi connectivity index (χ2v) is 5.91. The molecule has 2 atom stereocenters. The van der Waals surface area contributed by atoms with E-state index in [0.29, 0.717) is 6.04 Å². The SMILES string of the molecule is CC(c1ccccc1)C(Cl)C(=O)NC1CCCCC1. The summed E-state index contributed by atoms with van der Waals surface area (Å²) < 4.78 is 0. The van der Waals surface area contributed by atoms with Crippen LogP contribution in [0.25, 0.3) is 0 Å². The van der Waals surface area contributed by atoms with Crippen molar-refractivity contribution in [3.05, 3.63) is 35.9 Å². The van der Waals surface area contributed by atoms with E-state index >= 15 is 0 Å². The highest BCUT2D eigenvalue weighted by Crippen LogP contribution is 2.24. The molecular weight excluding hydrogens is 258 g/mol. The maximum atomic E-state index is 12.2. The largest absolute Gasteiger partial charge is 0.352 e. The van der Waals surface area contributed by atoms with E-state index < -0.39 is 5.38 Å². The van der Waals surface area contributed by atoms with E-state index in [1.807, 2.05) is 37.3 Å². The molecular formula is C16H22ClNO. The van der Waals surface area contributed by atoms with Gasteiger partial charge in [0.15, 0.2) is 0 Å². The number of nitrogens with one attached hydrogen (secondary N) is 1. The van der Waals surface area contributed by atoms with Crippen LogP contribution in [0.4, 0.5) is 0 Å². The van der Waals surface area contributed by atoms with Crippen molar-refractivity contribution in [2.24, 2.45) is 0 Å². The average molecular weight is 280 g/mol. The Morgan fingerprint density at radius 1 is 1.21 bits per heavy atom. The Morgan fingerprint density at radius 3 is 2.47 bits per heavy atom. The van der Waals surface area contributed by atoms with Crippen LogP contribution in [0, 0.1) is 0 Å². The molecule has 3 heteroatoms. The van der Waals surface area contributed by atoms with Crippen molar-refractivity contribution in [3.63, 3.8) is 0 Å². The van der Waals surface area contributed by atoms with Crippen LogP contribution >= 0.6 is 11.6 Å². The van der Waals surface area contributed by atoms with E-state index in [4.69, 9.17) is 11.6 Å². The van der Waals surface area contributed by atoms with Crippen LogP contribution in [0.3, 0.4) is 0 Å². The number of hydrogen-bond acceptors (Lipinski definition) is 1. The van der Waals surface area contributed by atoms with E-state index in [0.717, 1.165) is 18.4 Å². The van der Waals surface area contributed by atoms with Crippen molar-refractivity contribution in [3.8, 4) is 0 Å². The average Bonchev–Trinajstić information content (AvgIpc) is 2.47. The highest BCUT2D eigenvalue weighted by molar-refractivity contribution is 6.31.